The third-order valence-electron chi connectivity index (χ3n) is 1.95. The van der Waals surface area contributed by atoms with Gasteiger partial charge in [-0.2, -0.15) is 5.10 Å². The topological polar surface area (TPSA) is 53.1 Å². The number of aromatic nitrogens is 2. The quantitative estimate of drug-likeness (QED) is 0.774. The maximum absolute atomic E-state index is 5.72. The van der Waals surface area contributed by atoms with Gasteiger partial charge in [-0.25, -0.2) is 0 Å². The van der Waals surface area contributed by atoms with Gasteiger partial charge >= 0.3 is 0 Å². The first-order valence-corrected chi connectivity index (χ1v) is 4.99. The molecule has 1 rings (SSSR count). The fraction of sp³-hybridized carbons (Fsp3) is 0.700. The van der Waals surface area contributed by atoms with E-state index in [0.29, 0.717) is 6.61 Å². The Bertz CT molecular complexity index is 268. The minimum absolute atomic E-state index is 0.0507. The van der Waals surface area contributed by atoms with Crippen molar-refractivity contribution >= 4 is 0 Å². The number of rotatable bonds is 5. The number of hydrogen-bond donors (Lipinski definition) is 1. The molecule has 1 heterocycles. The summed E-state index contributed by atoms with van der Waals surface area (Å²) in [5, 5.41) is 4.19. The van der Waals surface area contributed by atoms with Gasteiger partial charge in [0.1, 0.15) is 0 Å². The average Bonchev–Trinajstić information content (AvgIpc) is 2.52. The molecule has 14 heavy (non-hydrogen) atoms. The van der Waals surface area contributed by atoms with Crippen molar-refractivity contribution in [2.24, 2.45) is 5.73 Å². The molecule has 0 radical (unpaired) electrons. The van der Waals surface area contributed by atoms with Gasteiger partial charge in [-0.15, -0.1) is 0 Å². The number of ether oxygens (including phenoxy) is 1. The van der Waals surface area contributed by atoms with E-state index in [1.165, 1.54) is 0 Å². The molecule has 80 valence electrons. The van der Waals surface area contributed by atoms with Crippen LogP contribution in [0.2, 0.25) is 0 Å². The smallest absolute Gasteiger partial charge is 0.0666 e. The lowest BCUT2D eigenvalue weighted by molar-refractivity contribution is 0.0709. The third-order valence-corrected chi connectivity index (χ3v) is 1.95. The van der Waals surface area contributed by atoms with Gasteiger partial charge in [0.2, 0.25) is 0 Å². The van der Waals surface area contributed by atoms with E-state index in [4.69, 9.17) is 10.5 Å². The molecule has 0 amide bonds. The molecule has 4 heteroatoms. The fourth-order valence-electron chi connectivity index (χ4n) is 1.12. The molecule has 1 atom stereocenters. The highest BCUT2D eigenvalue weighted by Crippen LogP contribution is 2.06. The highest BCUT2D eigenvalue weighted by atomic mass is 16.5. The zero-order chi connectivity index (χ0) is 10.6. The predicted molar refractivity (Wildman–Crippen MR) is 55.9 cm³/mol. The molecule has 0 spiro atoms. The van der Waals surface area contributed by atoms with Crippen LogP contribution in [0.4, 0.5) is 0 Å². The summed E-state index contributed by atoms with van der Waals surface area (Å²) in [7, 11) is 0. The molecule has 1 unspecified atom stereocenters. The van der Waals surface area contributed by atoms with Gasteiger partial charge in [0.15, 0.2) is 0 Å². The van der Waals surface area contributed by atoms with Crippen LogP contribution in [-0.4, -0.2) is 22.5 Å². The molecular weight excluding hydrogens is 178 g/mol. The van der Waals surface area contributed by atoms with Crippen LogP contribution in [0, 0.1) is 0 Å². The Morgan fingerprint density at radius 2 is 2.21 bits per heavy atom. The van der Waals surface area contributed by atoms with E-state index in [2.05, 4.69) is 5.10 Å². The van der Waals surface area contributed by atoms with E-state index in [9.17, 15) is 0 Å². The monoisotopic (exact) mass is 197 g/mol. The molecule has 2 N–H and O–H groups in total. The van der Waals surface area contributed by atoms with Crippen molar-refractivity contribution in [2.45, 2.75) is 39.5 Å². The molecular formula is C10H19N3O. The highest BCUT2D eigenvalue weighted by Gasteiger charge is 2.02. The Morgan fingerprint density at radius 1 is 1.50 bits per heavy atom. The Morgan fingerprint density at radius 3 is 2.71 bits per heavy atom. The maximum atomic E-state index is 5.72. The minimum atomic E-state index is 0.0507. The summed E-state index contributed by atoms with van der Waals surface area (Å²) in [6, 6.07) is 0.0507. The maximum Gasteiger partial charge on any atom is 0.0666 e. The first kappa shape index (κ1) is 11.2. The zero-order valence-corrected chi connectivity index (χ0v) is 9.10. The summed E-state index contributed by atoms with van der Waals surface area (Å²) in [6.45, 7) is 7.47. The van der Waals surface area contributed by atoms with Crippen LogP contribution in [0.25, 0.3) is 0 Å². The third kappa shape index (κ3) is 3.47. The van der Waals surface area contributed by atoms with E-state index in [0.717, 1.165) is 12.1 Å². The van der Waals surface area contributed by atoms with E-state index < -0.39 is 0 Å². The summed E-state index contributed by atoms with van der Waals surface area (Å²) in [6.07, 6.45) is 4.05. The van der Waals surface area contributed by atoms with Crippen molar-refractivity contribution in [1.29, 1.82) is 0 Å². The minimum Gasteiger partial charge on any atom is -0.377 e. The first-order valence-electron chi connectivity index (χ1n) is 4.99. The Labute approximate surface area is 85.0 Å². The number of nitrogens with two attached hydrogens (primary N) is 1. The van der Waals surface area contributed by atoms with E-state index in [-0.39, 0.29) is 12.1 Å². The van der Waals surface area contributed by atoms with Crippen LogP contribution in [0.5, 0.6) is 0 Å². The van der Waals surface area contributed by atoms with E-state index in [1.807, 2.05) is 31.6 Å². The van der Waals surface area contributed by atoms with Gasteiger partial charge in [0.05, 0.1) is 25.5 Å². The van der Waals surface area contributed by atoms with E-state index >= 15 is 0 Å². The molecule has 1 aromatic heterocycles. The van der Waals surface area contributed by atoms with Crippen molar-refractivity contribution in [3.05, 3.63) is 18.0 Å². The van der Waals surface area contributed by atoms with Gasteiger partial charge in [-0.1, -0.05) is 0 Å². The summed E-state index contributed by atoms with van der Waals surface area (Å²) in [4.78, 5) is 0. The molecule has 0 fully saturated rings. The molecule has 0 aliphatic carbocycles. The van der Waals surface area contributed by atoms with Gasteiger partial charge in [0, 0.05) is 17.8 Å². The van der Waals surface area contributed by atoms with Crippen LogP contribution >= 0.6 is 0 Å². The average molecular weight is 197 g/mol. The van der Waals surface area contributed by atoms with Crippen LogP contribution in [0.3, 0.4) is 0 Å². The molecule has 0 saturated heterocycles. The molecule has 0 bridgehead atoms. The summed E-state index contributed by atoms with van der Waals surface area (Å²) in [5.74, 6) is 0. The van der Waals surface area contributed by atoms with Crippen LogP contribution < -0.4 is 5.73 Å². The second kappa shape index (κ2) is 5.12. The Hall–Kier alpha value is -0.870. The van der Waals surface area contributed by atoms with Crippen LogP contribution in [-0.2, 0) is 11.3 Å². The van der Waals surface area contributed by atoms with Gasteiger partial charge in [-0.3, -0.25) is 4.68 Å². The van der Waals surface area contributed by atoms with Crippen LogP contribution in [0.1, 0.15) is 32.4 Å². The van der Waals surface area contributed by atoms with Crippen molar-refractivity contribution in [2.75, 3.05) is 6.61 Å². The van der Waals surface area contributed by atoms with Crippen molar-refractivity contribution in [1.82, 2.24) is 9.78 Å². The summed E-state index contributed by atoms with van der Waals surface area (Å²) < 4.78 is 7.29. The van der Waals surface area contributed by atoms with E-state index in [1.54, 1.807) is 6.20 Å². The molecule has 0 saturated carbocycles. The Balaban J connectivity index is 2.36. The van der Waals surface area contributed by atoms with Crippen molar-refractivity contribution in [3.63, 3.8) is 0 Å². The standard InChI is InChI=1S/C10H19N3O/c1-8(2)14-5-4-13-7-10(6-12-13)9(3)11/h6-9H,4-5,11H2,1-3H3. The van der Waals surface area contributed by atoms with Crippen molar-refractivity contribution < 1.29 is 4.74 Å². The summed E-state index contributed by atoms with van der Waals surface area (Å²) in [5.41, 5.74) is 6.78. The molecule has 4 nitrogen and oxygen atoms in total. The van der Waals surface area contributed by atoms with Gasteiger partial charge in [0.25, 0.3) is 0 Å². The molecule has 1 aromatic rings. The lowest BCUT2D eigenvalue weighted by Gasteiger charge is -2.06. The lowest BCUT2D eigenvalue weighted by atomic mass is 10.2. The molecule has 0 aromatic carbocycles. The number of hydrogen-bond acceptors (Lipinski definition) is 3. The fourth-order valence-corrected chi connectivity index (χ4v) is 1.12. The molecule has 0 aliphatic heterocycles. The first-order chi connectivity index (χ1) is 6.59. The van der Waals surface area contributed by atoms with Crippen LogP contribution in [0.15, 0.2) is 12.4 Å². The summed E-state index contributed by atoms with van der Waals surface area (Å²) >= 11 is 0. The zero-order valence-electron chi connectivity index (χ0n) is 9.10. The van der Waals surface area contributed by atoms with Crippen molar-refractivity contribution in [3.8, 4) is 0 Å². The largest absolute Gasteiger partial charge is 0.377 e. The molecule has 0 aliphatic rings. The number of nitrogens with zero attached hydrogens (tertiary/aromatic N) is 2. The normalized spacial score (nSPS) is 13.5. The van der Waals surface area contributed by atoms with Gasteiger partial charge < -0.3 is 10.5 Å². The second-order valence-corrected chi connectivity index (χ2v) is 3.74. The predicted octanol–water partition coefficient (Wildman–Crippen LogP) is 1.33. The van der Waals surface area contributed by atoms with Gasteiger partial charge in [-0.05, 0) is 20.8 Å². The highest BCUT2D eigenvalue weighted by molar-refractivity contribution is 5.07. The lowest BCUT2D eigenvalue weighted by Crippen LogP contribution is -2.10. The Kier molecular flexibility index (Phi) is 4.10. The SMILES string of the molecule is CC(C)OCCn1cc(C(C)N)cn1. The second-order valence-electron chi connectivity index (χ2n) is 3.74.